The van der Waals surface area contributed by atoms with E-state index in [0.717, 1.165) is 32.9 Å². The maximum atomic E-state index is 5.23. The van der Waals surface area contributed by atoms with Crippen molar-refractivity contribution >= 4 is 31.6 Å². The molecule has 3 aliphatic rings. The topological polar surface area (TPSA) is 25.8 Å². The first-order chi connectivity index (χ1) is 25.5. The van der Waals surface area contributed by atoms with Gasteiger partial charge < -0.3 is 0 Å². The fourth-order valence-electron chi connectivity index (χ4n) is 9.94. The van der Waals surface area contributed by atoms with Crippen LogP contribution in [-0.4, -0.2) is 9.97 Å². The van der Waals surface area contributed by atoms with Crippen molar-refractivity contribution in [1.82, 2.24) is 9.97 Å². The summed E-state index contributed by atoms with van der Waals surface area (Å²) in [6.45, 7) is 4.82. The van der Waals surface area contributed by atoms with Gasteiger partial charge in [-0.25, -0.2) is 9.97 Å². The molecule has 3 aliphatic carbocycles. The molecule has 250 valence electrons. The number of fused-ring (bicyclic) bond motifs is 11. The van der Waals surface area contributed by atoms with Crippen LogP contribution in [-0.2, 0) is 10.8 Å². The Kier molecular flexibility index (Phi) is 6.44. The van der Waals surface area contributed by atoms with Crippen molar-refractivity contribution in [3.8, 4) is 56.0 Å². The molecule has 0 saturated heterocycles. The summed E-state index contributed by atoms with van der Waals surface area (Å²) in [5.41, 5.74) is 17.4. The normalized spacial score (nSPS) is 16.2. The zero-order chi connectivity index (χ0) is 34.6. The Balaban J connectivity index is 1.00. The minimum atomic E-state index is -0.0572. The standard InChI is InChI=1S/C49H38N2S/c1-48(2)39-24-23-33(27-36(39)38-29-42-37(28-41(38)48)34-15-7-9-17-40(34)49(42)25-11-4-12-26-49)30-19-21-32(22-20-30)46-50-45(31-13-5-3-6-14-31)44-35-16-8-10-18-43(35)52-47(44)51-46/h3,5-10,13-24,27-29H,4,11-12,25-26H2,1-2H3. The number of aromatic nitrogens is 2. The predicted octanol–water partition coefficient (Wildman–Crippen LogP) is 13.4. The van der Waals surface area contributed by atoms with E-state index < -0.39 is 0 Å². The predicted molar refractivity (Wildman–Crippen MR) is 218 cm³/mol. The summed E-state index contributed by atoms with van der Waals surface area (Å²) >= 11 is 1.74. The van der Waals surface area contributed by atoms with Crippen molar-refractivity contribution in [1.29, 1.82) is 0 Å². The van der Waals surface area contributed by atoms with Gasteiger partial charge in [0.2, 0.25) is 0 Å². The lowest BCUT2D eigenvalue weighted by Crippen LogP contribution is -2.28. The van der Waals surface area contributed by atoms with Crippen LogP contribution in [0.2, 0.25) is 0 Å². The van der Waals surface area contributed by atoms with Gasteiger partial charge in [0.25, 0.3) is 0 Å². The van der Waals surface area contributed by atoms with E-state index in [-0.39, 0.29) is 10.8 Å². The number of hydrogen-bond acceptors (Lipinski definition) is 3. The number of hydrogen-bond donors (Lipinski definition) is 0. The Morgan fingerprint density at radius 2 is 1.17 bits per heavy atom. The highest BCUT2D eigenvalue weighted by Gasteiger charge is 2.46. The van der Waals surface area contributed by atoms with Crippen molar-refractivity contribution in [2.45, 2.75) is 56.8 Å². The molecule has 8 aromatic rings. The average Bonchev–Trinajstić information content (AvgIpc) is 3.78. The molecular weight excluding hydrogens is 649 g/mol. The van der Waals surface area contributed by atoms with Crippen molar-refractivity contribution < 1.29 is 0 Å². The third kappa shape index (κ3) is 4.23. The lowest BCUT2D eigenvalue weighted by molar-refractivity contribution is 0.353. The zero-order valence-electron chi connectivity index (χ0n) is 29.5. The van der Waals surface area contributed by atoms with Crippen molar-refractivity contribution in [3.05, 3.63) is 156 Å². The van der Waals surface area contributed by atoms with Crippen molar-refractivity contribution in [3.63, 3.8) is 0 Å². The molecule has 0 bridgehead atoms. The van der Waals surface area contributed by atoms with E-state index >= 15 is 0 Å². The Hall–Kier alpha value is -5.38. The van der Waals surface area contributed by atoms with Crippen LogP contribution in [0.3, 0.4) is 0 Å². The van der Waals surface area contributed by atoms with E-state index in [9.17, 15) is 0 Å². The highest BCUT2D eigenvalue weighted by Crippen LogP contribution is 2.60. The molecule has 0 N–H and O–H groups in total. The smallest absolute Gasteiger partial charge is 0.161 e. The first-order valence-electron chi connectivity index (χ1n) is 18.8. The van der Waals surface area contributed by atoms with Gasteiger partial charge >= 0.3 is 0 Å². The highest BCUT2D eigenvalue weighted by molar-refractivity contribution is 7.25. The first-order valence-corrected chi connectivity index (χ1v) is 19.6. The number of thiophene rings is 1. The summed E-state index contributed by atoms with van der Waals surface area (Å²) in [6.07, 6.45) is 6.48. The summed E-state index contributed by atoms with van der Waals surface area (Å²) in [5.74, 6) is 0.764. The quantitative estimate of drug-likeness (QED) is 0.185. The van der Waals surface area contributed by atoms with Crippen LogP contribution in [0.15, 0.2) is 133 Å². The largest absolute Gasteiger partial charge is 0.227 e. The Morgan fingerprint density at radius 1 is 0.500 bits per heavy atom. The molecule has 0 atom stereocenters. The number of nitrogens with zero attached hydrogens (tertiary/aromatic N) is 2. The molecular formula is C49H38N2S. The summed E-state index contributed by atoms with van der Waals surface area (Å²) in [6, 6.07) is 49.6. The molecule has 0 unspecified atom stereocenters. The fourth-order valence-corrected chi connectivity index (χ4v) is 11.0. The molecule has 1 spiro atoms. The molecule has 2 aromatic heterocycles. The Bertz CT molecular complexity index is 2730. The van der Waals surface area contributed by atoms with Gasteiger partial charge in [-0.2, -0.15) is 0 Å². The summed E-state index contributed by atoms with van der Waals surface area (Å²) in [4.78, 5) is 11.4. The fraction of sp³-hybridized carbons (Fsp3) is 0.184. The van der Waals surface area contributed by atoms with Crippen LogP contribution < -0.4 is 0 Å². The molecule has 1 fully saturated rings. The minimum absolute atomic E-state index is 0.0572. The zero-order valence-corrected chi connectivity index (χ0v) is 30.4. The molecule has 52 heavy (non-hydrogen) atoms. The number of rotatable bonds is 3. The third-order valence-electron chi connectivity index (χ3n) is 12.5. The molecule has 2 nitrogen and oxygen atoms in total. The molecule has 0 aliphatic heterocycles. The van der Waals surface area contributed by atoms with Gasteiger partial charge in [0.1, 0.15) is 4.83 Å². The monoisotopic (exact) mass is 686 g/mol. The van der Waals surface area contributed by atoms with Gasteiger partial charge in [-0.05, 0) is 92.7 Å². The summed E-state index contributed by atoms with van der Waals surface area (Å²) in [5, 5.41) is 2.35. The maximum absolute atomic E-state index is 5.23. The lowest BCUT2D eigenvalue weighted by Gasteiger charge is -2.36. The Labute approximate surface area is 308 Å². The van der Waals surface area contributed by atoms with Gasteiger partial charge in [-0.15, -0.1) is 11.3 Å². The molecule has 3 heteroatoms. The van der Waals surface area contributed by atoms with E-state index in [1.54, 1.807) is 22.5 Å². The van der Waals surface area contributed by atoms with Gasteiger partial charge in [0.15, 0.2) is 5.82 Å². The van der Waals surface area contributed by atoms with Crippen LogP contribution in [0.1, 0.15) is 68.2 Å². The van der Waals surface area contributed by atoms with Crippen LogP contribution in [0, 0.1) is 0 Å². The minimum Gasteiger partial charge on any atom is -0.227 e. The van der Waals surface area contributed by atoms with Gasteiger partial charge in [-0.1, -0.05) is 142 Å². The van der Waals surface area contributed by atoms with E-state index in [4.69, 9.17) is 9.97 Å². The van der Waals surface area contributed by atoms with E-state index in [2.05, 4.69) is 147 Å². The van der Waals surface area contributed by atoms with E-state index in [1.807, 2.05) is 0 Å². The van der Waals surface area contributed by atoms with Gasteiger partial charge in [0.05, 0.1) is 5.69 Å². The van der Waals surface area contributed by atoms with E-state index in [1.165, 1.54) is 86.7 Å². The Morgan fingerprint density at radius 3 is 2.02 bits per heavy atom. The molecule has 11 rings (SSSR count). The molecule has 6 aromatic carbocycles. The van der Waals surface area contributed by atoms with Gasteiger partial charge in [-0.3, -0.25) is 0 Å². The van der Waals surface area contributed by atoms with E-state index in [0.29, 0.717) is 0 Å². The maximum Gasteiger partial charge on any atom is 0.161 e. The van der Waals surface area contributed by atoms with Crippen LogP contribution in [0.5, 0.6) is 0 Å². The highest BCUT2D eigenvalue weighted by atomic mass is 32.1. The third-order valence-corrected chi connectivity index (χ3v) is 13.6. The number of benzene rings is 6. The molecule has 0 radical (unpaired) electrons. The van der Waals surface area contributed by atoms with Crippen LogP contribution >= 0.6 is 11.3 Å². The van der Waals surface area contributed by atoms with Crippen LogP contribution in [0.25, 0.3) is 76.3 Å². The first kappa shape index (κ1) is 30.3. The molecule has 2 heterocycles. The van der Waals surface area contributed by atoms with Gasteiger partial charge in [0, 0.05) is 37.4 Å². The summed E-state index contributed by atoms with van der Waals surface area (Å²) < 4.78 is 1.24. The molecule has 1 saturated carbocycles. The second kappa shape index (κ2) is 11.1. The second-order valence-electron chi connectivity index (χ2n) is 15.6. The van der Waals surface area contributed by atoms with Crippen molar-refractivity contribution in [2.75, 3.05) is 0 Å². The second-order valence-corrected chi connectivity index (χ2v) is 16.7. The molecule has 0 amide bonds. The average molecular weight is 687 g/mol. The SMILES string of the molecule is CC1(C)c2ccc(-c3ccc(-c4nc(-c5ccccc5)c5c(n4)sc4ccccc45)cc3)cc2-c2cc3c(cc21)-c1ccccc1C31CCCCC1. The summed E-state index contributed by atoms with van der Waals surface area (Å²) in [7, 11) is 0. The van der Waals surface area contributed by atoms with Crippen molar-refractivity contribution in [2.24, 2.45) is 0 Å². The van der Waals surface area contributed by atoms with Crippen LogP contribution in [0.4, 0.5) is 0 Å². The lowest BCUT2D eigenvalue weighted by atomic mass is 9.67.